The van der Waals surface area contributed by atoms with Crippen molar-refractivity contribution in [2.45, 2.75) is 39.2 Å². The zero-order valence-corrected chi connectivity index (χ0v) is 15.7. The minimum Gasteiger partial charge on any atom is -0.361 e. The molecule has 1 aromatic heterocycles. The number of likely N-dealkylation sites (tertiary alicyclic amines) is 1. The number of hydrogen-bond acceptors (Lipinski definition) is 4. The predicted molar refractivity (Wildman–Crippen MR) is 100 cm³/mol. The lowest BCUT2D eigenvalue weighted by atomic mass is 9.93. The van der Waals surface area contributed by atoms with E-state index in [1.165, 1.54) is 11.1 Å². The van der Waals surface area contributed by atoms with Crippen LogP contribution in [0.3, 0.4) is 0 Å². The average molecular weight is 367 g/mol. The molecule has 27 heavy (non-hydrogen) atoms. The molecule has 1 saturated heterocycles. The zero-order chi connectivity index (χ0) is 18.8. The molecule has 4 rings (SSSR count). The molecule has 2 amide bonds. The maximum Gasteiger partial charge on any atom is 0.276 e. The number of amides is 2. The Bertz CT molecular complexity index is 837. The van der Waals surface area contributed by atoms with Crippen LogP contribution < -0.4 is 0 Å². The number of fused-ring (bicyclic) bond motifs is 1. The highest BCUT2D eigenvalue weighted by atomic mass is 16.5. The van der Waals surface area contributed by atoms with Gasteiger partial charge in [-0.25, -0.2) is 0 Å². The quantitative estimate of drug-likeness (QED) is 0.837. The largest absolute Gasteiger partial charge is 0.361 e. The van der Waals surface area contributed by atoms with Gasteiger partial charge >= 0.3 is 0 Å². The fourth-order valence-electron chi connectivity index (χ4n) is 4.01. The van der Waals surface area contributed by atoms with E-state index in [1.54, 1.807) is 11.0 Å². The molecular formula is C21H25N3O3. The minimum atomic E-state index is -0.101. The van der Waals surface area contributed by atoms with E-state index in [2.05, 4.69) is 23.4 Å². The van der Waals surface area contributed by atoms with Crippen LogP contribution in [-0.4, -0.2) is 46.4 Å². The molecular weight excluding hydrogens is 342 g/mol. The van der Waals surface area contributed by atoms with Gasteiger partial charge in [0.2, 0.25) is 5.91 Å². The predicted octanol–water partition coefficient (Wildman–Crippen LogP) is 2.67. The van der Waals surface area contributed by atoms with Gasteiger partial charge in [0, 0.05) is 44.6 Å². The molecule has 142 valence electrons. The first kappa shape index (κ1) is 17.8. The van der Waals surface area contributed by atoms with Gasteiger partial charge in [-0.15, -0.1) is 0 Å². The summed E-state index contributed by atoms with van der Waals surface area (Å²) in [6.45, 7) is 4.63. The van der Waals surface area contributed by atoms with Crippen LogP contribution in [0.2, 0.25) is 0 Å². The van der Waals surface area contributed by atoms with E-state index in [9.17, 15) is 9.59 Å². The van der Waals surface area contributed by atoms with Crippen LogP contribution in [0.4, 0.5) is 0 Å². The molecule has 3 heterocycles. The van der Waals surface area contributed by atoms with Crippen molar-refractivity contribution in [1.29, 1.82) is 0 Å². The van der Waals surface area contributed by atoms with E-state index >= 15 is 0 Å². The summed E-state index contributed by atoms with van der Waals surface area (Å²) in [7, 11) is 0. The summed E-state index contributed by atoms with van der Waals surface area (Å²) >= 11 is 0. The summed E-state index contributed by atoms with van der Waals surface area (Å²) in [6, 6.07) is 10.1. The van der Waals surface area contributed by atoms with Gasteiger partial charge < -0.3 is 14.3 Å². The number of nitrogens with zero attached hydrogens (tertiary/aromatic N) is 3. The maximum atomic E-state index is 12.9. The van der Waals surface area contributed by atoms with Crippen molar-refractivity contribution in [3.63, 3.8) is 0 Å². The van der Waals surface area contributed by atoms with Crippen LogP contribution in [-0.2, 0) is 24.2 Å². The number of carbonyl (C=O) groups is 2. The number of piperidine rings is 1. The average Bonchev–Trinajstić information content (AvgIpc) is 3.22. The van der Waals surface area contributed by atoms with Crippen LogP contribution in [0.5, 0.6) is 0 Å². The highest BCUT2D eigenvalue weighted by molar-refractivity contribution is 5.92. The highest BCUT2D eigenvalue weighted by Crippen LogP contribution is 2.25. The second-order valence-corrected chi connectivity index (χ2v) is 7.38. The van der Waals surface area contributed by atoms with Gasteiger partial charge in [0.05, 0.1) is 0 Å². The van der Waals surface area contributed by atoms with Crippen molar-refractivity contribution >= 4 is 11.8 Å². The van der Waals surface area contributed by atoms with Gasteiger partial charge in [0.15, 0.2) is 5.69 Å². The smallest absolute Gasteiger partial charge is 0.276 e. The normalized spacial score (nSPS) is 17.7. The van der Waals surface area contributed by atoms with Crippen molar-refractivity contribution in [3.05, 3.63) is 52.9 Å². The Hall–Kier alpha value is -2.63. The second kappa shape index (κ2) is 7.55. The Morgan fingerprint density at radius 3 is 2.56 bits per heavy atom. The summed E-state index contributed by atoms with van der Waals surface area (Å²) in [5.74, 6) is 0.846. The Morgan fingerprint density at radius 1 is 1.11 bits per heavy atom. The number of carbonyl (C=O) groups excluding carboxylic acids is 2. The molecule has 0 spiro atoms. The van der Waals surface area contributed by atoms with Crippen LogP contribution in [0.15, 0.2) is 34.9 Å². The molecule has 2 aliphatic heterocycles. The molecule has 0 saturated carbocycles. The fraction of sp³-hybridized carbons (Fsp3) is 0.476. The summed E-state index contributed by atoms with van der Waals surface area (Å²) in [6.07, 6.45) is 3.06. The van der Waals surface area contributed by atoms with Gasteiger partial charge in [-0.1, -0.05) is 36.3 Å². The summed E-state index contributed by atoms with van der Waals surface area (Å²) in [5, 5.41) is 3.87. The first-order chi connectivity index (χ1) is 13.2. The highest BCUT2D eigenvalue weighted by Gasteiger charge is 2.32. The monoisotopic (exact) mass is 367 g/mol. The number of aromatic nitrogens is 1. The lowest BCUT2D eigenvalue weighted by molar-refractivity contribution is -0.137. The minimum absolute atomic E-state index is 0.00261. The molecule has 1 aromatic carbocycles. The Balaban J connectivity index is 1.34. The van der Waals surface area contributed by atoms with Crippen LogP contribution >= 0.6 is 0 Å². The molecule has 2 aromatic rings. The van der Waals surface area contributed by atoms with E-state index in [0.29, 0.717) is 43.9 Å². The first-order valence-electron chi connectivity index (χ1n) is 9.76. The molecule has 0 N–H and O–H groups in total. The molecule has 6 nitrogen and oxygen atoms in total. The third kappa shape index (κ3) is 3.61. The molecule has 1 fully saturated rings. The van der Waals surface area contributed by atoms with Crippen LogP contribution in [0, 0.1) is 5.92 Å². The van der Waals surface area contributed by atoms with E-state index < -0.39 is 0 Å². The lowest BCUT2D eigenvalue weighted by Crippen LogP contribution is -2.45. The SMILES string of the molecule is CCc1cc(C(=O)N2CCC(C(=O)N3CCc4ccccc4C3)CC2)no1. The summed E-state index contributed by atoms with van der Waals surface area (Å²) in [5.41, 5.74) is 2.97. The molecule has 6 heteroatoms. The summed E-state index contributed by atoms with van der Waals surface area (Å²) in [4.78, 5) is 29.3. The molecule has 0 atom stereocenters. The third-order valence-electron chi connectivity index (χ3n) is 5.70. The second-order valence-electron chi connectivity index (χ2n) is 7.38. The molecule has 0 radical (unpaired) electrons. The number of hydrogen-bond donors (Lipinski definition) is 0. The zero-order valence-electron chi connectivity index (χ0n) is 15.7. The Kier molecular flexibility index (Phi) is 4.97. The molecule has 2 aliphatic rings. The topological polar surface area (TPSA) is 66.7 Å². The molecule has 0 aliphatic carbocycles. The van der Waals surface area contributed by atoms with Crippen LogP contribution in [0.1, 0.15) is 47.1 Å². The van der Waals surface area contributed by atoms with Gasteiger partial charge in [-0.05, 0) is 30.4 Å². The van der Waals surface area contributed by atoms with Gasteiger partial charge in [0.1, 0.15) is 5.76 Å². The maximum absolute atomic E-state index is 12.9. The van der Waals surface area contributed by atoms with E-state index in [0.717, 1.165) is 19.4 Å². The van der Waals surface area contributed by atoms with Crippen molar-refractivity contribution < 1.29 is 14.1 Å². The standard InChI is InChI=1S/C21H25N3O3/c1-2-18-13-19(22-27-18)21(26)23-10-8-16(9-11-23)20(25)24-12-7-15-5-3-4-6-17(15)14-24/h3-6,13,16H,2,7-12,14H2,1H3. The van der Waals surface area contributed by atoms with Crippen molar-refractivity contribution in [3.8, 4) is 0 Å². The van der Waals surface area contributed by atoms with Crippen molar-refractivity contribution in [2.75, 3.05) is 19.6 Å². The van der Waals surface area contributed by atoms with Crippen LogP contribution in [0.25, 0.3) is 0 Å². The van der Waals surface area contributed by atoms with E-state index in [4.69, 9.17) is 4.52 Å². The summed E-state index contributed by atoms with van der Waals surface area (Å²) < 4.78 is 5.13. The lowest BCUT2D eigenvalue weighted by Gasteiger charge is -2.36. The fourth-order valence-corrected chi connectivity index (χ4v) is 4.01. The molecule has 0 unspecified atom stereocenters. The van der Waals surface area contributed by atoms with Crippen molar-refractivity contribution in [1.82, 2.24) is 15.0 Å². The van der Waals surface area contributed by atoms with E-state index in [-0.39, 0.29) is 17.7 Å². The molecule has 0 bridgehead atoms. The Labute approximate surface area is 159 Å². The van der Waals surface area contributed by atoms with Crippen molar-refractivity contribution in [2.24, 2.45) is 5.92 Å². The number of rotatable bonds is 3. The number of benzene rings is 1. The van der Waals surface area contributed by atoms with E-state index in [1.807, 2.05) is 17.9 Å². The first-order valence-corrected chi connectivity index (χ1v) is 9.76. The third-order valence-corrected chi connectivity index (χ3v) is 5.70. The Morgan fingerprint density at radius 2 is 1.85 bits per heavy atom. The number of aryl methyl sites for hydroxylation is 1. The van der Waals surface area contributed by atoms with Gasteiger partial charge in [-0.2, -0.15) is 0 Å². The van der Waals surface area contributed by atoms with Gasteiger partial charge in [-0.3, -0.25) is 9.59 Å². The van der Waals surface area contributed by atoms with Gasteiger partial charge in [0.25, 0.3) is 5.91 Å².